The van der Waals surface area contributed by atoms with E-state index in [2.05, 4.69) is 0 Å². The third-order valence-electron chi connectivity index (χ3n) is 5.84. The van der Waals surface area contributed by atoms with Gasteiger partial charge in [-0.25, -0.2) is 0 Å². The number of hydrogen-bond acceptors (Lipinski definition) is 5. The van der Waals surface area contributed by atoms with Gasteiger partial charge in [0.25, 0.3) is 5.91 Å². The van der Waals surface area contributed by atoms with Gasteiger partial charge in [-0.3, -0.25) is 14.3 Å². The second kappa shape index (κ2) is 9.68. The van der Waals surface area contributed by atoms with Gasteiger partial charge in [-0.05, 0) is 30.5 Å². The Morgan fingerprint density at radius 2 is 1.78 bits per heavy atom. The van der Waals surface area contributed by atoms with E-state index in [9.17, 15) is 9.59 Å². The quantitative estimate of drug-likeness (QED) is 0.555. The van der Waals surface area contributed by atoms with Crippen LogP contribution in [0, 0.1) is 5.92 Å². The summed E-state index contributed by atoms with van der Waals surface area (Å²) in [6, 6.07) is 17.6. The zero-order chi connectivity index (χ0) is 22.5. The number of aromatic nitrogens is 2. The number of amides is 1. The highest BCUT2D eigenvalue weighted by Gasteiger charge is 2.30. The van der Waals surface area contributed by atoms with Gasteiger partial charge in [0.15, 0.2) is 0 Å². The molecule has 1 saturated heterocycles. The van der Waals surface area contributed by atoms with E-state index in [4.69, 9.17) is 14.6 Å². The van der Waals surface area contributed by atoms with E-state index >= 15 is 0 Å². The summed E-state index contributed by atoms with van der Waals surface area (Å²) < 4.78 is 12.0. The van der Waals surface area contributed by atoms with Crippen LogP contribution in [0.3, 0.4) is 0 Å². The molecule has 0 bridgehead atoms. The Bertz CT molecular complexity index is 1090. The SMILES string of the molecule is COC(=O)C1CCN(C(=O)c2cn(Cc3ccccc3)nc2-c2cccc(OC)c2)CC1. The molecule has 1 fully saturated rings. The lowest BCUT2D eigenvalue weighted by Crippen LogP contribution is -2.40. The van der Waals surface area contributed by atoms with Gasteiger partial charge in [-0.2, -0.15) is 5.10 Å². The molecule has 0 unspecified atom stereocenters. The Hall–Kier alpha value is -3.61. The average molecular weight is 434 g/mol. The standard InChI is InChI=1S/C25H27N3O4/c1-31-21-10-6-9-20(15-21)23-22(17-28(26-23)16-18-7-4-3-5-8-18)24(29)27-13-11-19(12-14-27)25(30)32-2/h3-10,15,17,19H,11-14,16H2,1-2H3. The topological polar surface area (TPSA) is 73.7 Å². The molecule has 0 N–H and O–H groups in total. The van der Waals surface area contributed by atoms with Gasteiger partial charge in [0, 0.05) is 24.8 Å². The van der Waals surface area contributed by atoms with Gasteiger partial charge in [-0.1, -0.05) is 42.5 Å². The van der Waals surface area contributed by atoms with Crippen molar-refractivity contribution in [2.75, 3.05) is 27.3 Å². The molecule has 1 amide bonds. The molecule has 7 nitrogen and oxygen atoms in total. The molecule has 0 radical (unpaired) electrons. The molecule has 2 heterocycles. The van der Waals surface area contributed by atoms with Crippen LogP contribution in [0.1, 0.15) is 28.8 Å². The van der Waals surface area contributed by atoms with Crippen LogP contribution in [0.25, 0.3) is 11.3 Å². The van der Waals surface area contributed by atoms with E-state index < -0.39 is 0 Å². The monoisotopic (exact) mass is 433 g/mol. The smallest absolute Gasteiger partial charge is 0.308 e. The van der Waals surface area contributed by atoms with E-state index in [1.165, 1.54) is 7.11 Å². The number of ether oxygens (including phenoxy) is 2. The van der Waals surface area contributed by atoms with Crippen LogP contribution in [-0.4, -0.2) is 53.9 Å². The highest BCUT2D eigenvalue weighted by atomic mass is 16.5. The summed E-state index contributed by atoms with van der Waals surface area (Å²) in [5.74, 6) is 0.274. The van der Waals surface area contributed by atoms with Crippen LogP contribution in [0.15, 0.2) is 60.8 Å². The average Bonchev–Trinajstić information content (AvgIpc) is 3.27. The number of nitrogens with zero attached hydrogens (tertiary/aromatic N) is 3. The second-order valence-electron chi connectivity index (χ2n) is 7.90. The molecule has 4 rings (SSSR count). The van der Waals surface area contributed by atoms with E-state index in [0.717, 1.165) is 11.1 Å². The fourth-order valence-electron chi connectivity index (χ4n) is 4.07. The first-order chi connectivity index (χ1) is 15.6. The van der Waals surface area contributed by atoms with Gasteiger partial charge >= 0.3 is 5.97 Å². The molecule has 1 aromatic heterocycles. The van der Waals surface area contributed by atoms with Crippen LogP contribution >= 0.6 is 0 Å². The molecule has 32 heavy (non-hydrogen) atoms. The molecular weight excluding hydrogens is 406 g/mol. The Labute approximate surface area is 187 Å². The normalized spacial score (nSPS) is 14.2. The molecule has 3 aromatic rings. The Balaban J connectivity index is 1.63. The molecule has 7 heteroatoms. The minimum absolute atomic E-state index is 0.0783. The molecular formula is C25H27N3O4. The van der Waals surface area contributed by atoms with E-state index in [1.807, 2.05) is 60.8 Å². The summed E-state index contributed by atoms with van der Waals surface area (Å²) in [4.78, 5) is 27.1. The Kier molecular flexibility index (Phi) is 6.54. The van der Waals surface area contributed by atoms with Crippen LogP contribution in [0.5, 0.6) is 5.75 Å². The summed E-state index contributed by atoms with van der Waals surface area (Å²) >= 11 is 0. The zero-order valence-corrected chi connectivity index (χ0v) is 18.4. The minimum Gasteiger partial charge on any atom is -0.497 e. The predicted molar refractivity (Wildman–Crippen MR) is 120 cm³/mol. The lowest BCUT2D eigenvalue weighted by atomic mass is 9.96. The fourth-order valence-corrected chi connectivity index (χ4v) is 4.07. The first-order valence-electron chi connectivity index (χ1n) is 10.7. The third-order valence-corrected chi connectivity index (χ3v) is 5.84. The Morgan fingerprint density at radius 3 is 2.47 bits per heavy atom. The van der Waals surface area contributed by atoms with Crippen molar-refractivity contribution >= 4 is 11.9 Å². The fraction of sp³-hybridized carbons (Fsp3) is 0.320. The highest BCUT2D eigenvalue weighted by molar-refractivity contribution is 6.00. The van der Waals surface area contributed by atoms with Crippen molar-refractivity contribution in [1.82, 2.24) is 14.7 Å². The second-order valence-corrected chi connectivity index (χ2v) is 7.90. The number of carbonyl (C=O) groups is 2. The third kappa shape index (κ3) is 4.66. The summed E-state index contributed by atoms with van der Waals surface area (Å²) in [7, 11) is 3.02. The van der Waals surface area contributed by atoms with E-state index in [0.29, 0.717) is 49.5 Å². The summed E-state index contributed by atoms with van der Waals surface area (Å²) in [5.41, 5.74) is 3.10. The molecule has 1 aliphatic heterocycles. The van der Waals surface area contributed by atoms with Gasteiger partial charge in [-0.15, -0.1) is 0 Å². The molecule has 2 aromatic carbocycles. The molecule has 166 valence electrons. The minimum atomic E-state index is -0.204. The summed E-state index contributed by atoms with van der Waals surface area (Å²) in [5, 5.41) is 4.76. The van der Waals surface area contributed by atoms with Gasteiger partial charge in [0.2, 0.25) is 0 Å². The van der Waals surface area contributed by atoms with Crippen LogP contribution in [0.4, 0.5) is 0 Å². The van der Waals surface area contributed by atoms with Crippen LogP contribution < -0.4 is 4.74 Å². The number of piperidine rings is 1. The summed E-state index contributed by atoms with van der Waals surface area (Å²) in [6.07, 6.45) is 3.02. The van der Waals surface area contributed by atoms with E-state index in [-0.39, 0.29) is 17.8 Å². The molecule has 1 aliphatic rings. The Morgan fingerprint density at radius 1 is 1.03 bits per heavy atom. The zero-order valence-electron chi connectivity index (χ0n) is 18.4. The highest BCUT2D eigenvalue weighted by Crippen LogP contribution is 2.28. The van der Waals surface area contributed by atoms with Crippen molar-refractivity contribution in [3.63, 3.8) is 0 Å². The molecule has 0 saturated carbocycles. The van der Waals surface area contributed by atoms with Crippen molar-refractivity contribution in [1.29, 1.82) is 0 Å². The first-order valence-corrected chi connectivity index (χ1v) is 10.7. The van der Waals surface area contributed by atoms with Crippen LogP contribution in [-0.2, 0) is 16.1 Å². The lowest BCUT2D eigenvalue weighted by molar-refractivity contribution is -0.146. The number of benzene rings is 2. The van der Waals surface area contributed by atoms with Crippen molar-refractivity contribution in [3.8, 4) is 17.0 Å². The van der Waals surface area contributed by atoms with Crippen molar-refractivity contribution in [2.45, 2.75) is 19.4 Å². The van der Waals surface area contributed by atoms with Crippen molar-refractivity contribution < 1.29 is 19.1 Å². The largest absolute Gasteiger partial charge is 0.497 e. The van der Waals surface area contributed by atoms with Gasteiger partial charge in [0.05, 0.1) is 32.2 Å². The number of carbonyl (C=O) groups excluding carboxylic acids is 2. The van der Waals surface area contributed by atoms with Gasteiger partial charge in [0.1, 0.15) is 11.4 Å². The van der Waals surface area contributed by atoms with E-state index in [1.54, 1.807) is 16.7 Å². The maximum Gasteiger partial charge on any atom is 0.308 e. The number of hydrogen-bond donors (Lipinski definition) is 0. The maximum absolute atomic E-state index is 13.5. The number of esters is 1. The summed E-state index contributed by atoms with van der Waals surface area (Å²) in [6.45, 7) is 1.59. The first kappa shape index (κ1) is 21.6. The lowest BCUT2D eigenvalue weighted by Gasteiger charge is -2.30. The number of rotatable bonds is 6. The predicted octanol–water partition coefficient (Wildman–Crippen LogP) is 3.63. The maximum atomic E-state index is 13.5. The molecule has 0 atom stereocenters. The van der Waals surface area contributed by atoms with Crippen molar-refractivity contribution in [3.05, 3.63) is 71.9 Å². The number of methoxy groups -OCH3 is 2. The molecule has 0 aliphatic carbocycles. The molecule has 0 spiro atoms. The van der Waals surface area contributed by atoms with Crippen LogP contribution in [0.2, 0.25) is 0 Å². The van der Waals surface area contributed by atoms with Gasteiger partial charge < -0.3 is 14.4 Å². The number of likely N-dealkylation sites (tertiary alicyclic amines) is 1. The van der Waals surface area contributed by atoms with Crippen molar-refractivity contribution in [2.24, 2.45) is 5.92 Å².